The van der Waals surface area contributed by atoms with E-state index < -0.39 is 9.08 Å². The molecule has 0 bridgehead atoms. The van der Waals surface area contributed by atoms with Crippen molar-refractivity contribution >= 4 is 9.08 Å². The fourth-order valence-corrected chi connectivity index (χ4v) is 2.04. The second-order valence-electron chi connectivity index (χ2n) is 3.47. The highest BCUT2D eigenvalue weighted by molar-refractivity contribution is 6.66. The Labute approximate surface area is 85.7 Å². The molecule has 0 radical (unpaired) electrons. The molecule has 0 saturated heterocycles. The molecule has 14 heavy (non-hydrogen) atoms. The molecule has 0 saturated carbocycles. The SMILES string of the molecule is CCCC/C=C(/CCCC)[Si](F)(F)F. The Kier molecular flexibility index (Phi) is 6.97. The molecule has 0 aromatic rings. The van der Waals surface area contributed by atoms with Crippen LogP contribution in [0.2, 0.25) is 0 Å². The Morgan fingerprint density at radius 2 is 1.64 bits per heavy atom. The van der Waals surface area contributed by atoms with E-state index in [2.05, 4.69) is 0 Å². The second kappa shape index (κ2) is 7.09. The van der Waals surface area contributed by atoms with Gasteiger partial charge >= 0.3 is 9.08 Å². The van der Waals surface area contributed by atoms with Gasteiger partial charge < -0.3 is 0 Å². The normalized spacial score (nSPS) is 13.4. The topological polar surface area (TPSA) is 0 Å². The van der Waals surface area contributed by atoms with Crippen molar-refractivity contribution < 1.29 is 12.3 Å². The Bertz CT molecular complexity index is 173. The fourth-order valence-electron chi connectivity index (χ4n) is 1.21. The van der Waals surface area contributed by atoms with Crippen LogP contribution in [0.15, 0.2) is 11.3 Å². The molecule has 0 N–H and O–H groups in total. The van der Waals surface area contributed by atoms with Crippen molar-refractivity contribution in [2.45, 2.75) is 52.4 Å². The van der Waals surface area contributed by atoms with E-state index in [-0.39, 0.29) is 11.6 Å². The van der Waals surface area contributed by atoms with Crippen molar-refractivity contribution in [2.24, 2.45) is 0 Å². The van der Waals surface area contributed by atoms with E-state index in [0.717, 1.165) is 19.3 Å². The molecular weight excluding hydrogens is 205 g/mol. The van der Waals surface area contributed by atoms with E-state index in [1.807, 2.05) is 13.8 Å². The molecule has 0 atom stereocenters. The van der Waals surface area contributed by atoms with Gasteiger partial charge in [-0.05, 0) is 19.3 Å². The number of unbranched alkanes of at least 4 members (excludes halogenated alkanes) is 3. The molecule has 0 fully saturated rings. The summed E-state index contributed by atoms with van der Waals surface area (Å²) in [6.07, 6.45) is 5.54. The van der Waals surface area contributed by atoms with Gasteiger partial charge in [0.2, 0.25) is 0 Å². The van der Waals surface area contributed by atoms with Crippen molar-refractivity contribution in [1.82, 2.24) is 0 Å². The van der Waals surface area contributed by atoms with Crippen LogP contribution in [0.5, 0.6) is 0 Å². The van der Waals surface area contributed by atoms with E-state index in [4.69, 9.17) is 0 Å². The predicted octanol–water partition coefficient (Wildman–Crippen LogP) is 4.68. The highest BCUT2D eigenvalue weighted by Gasteiger charge is 2.41. The highest BCUT2D eigenvalue weighted by atomic mass is 28.5. The van der Waals surface area contributed by atoms with Gasteiger partial charge in [-0.3, -0.25) is 0 Å². The van der Waals surface area contributed by atoms with Crippen LogP contribution >= 0.6 is 0 Å². The number of hydrogen-bond acceptors (Lipinski definition) is 0. The van der Waals surface area contributed by atoms with Crippen LogP contribution in [0, 0.1) is 0 Å². The number of hydrogen-bond donors (Lipinski definition) is 0. The minimum atomic E-state index is -5.51. The maximum Gasteiger partial charge on any atom is 0.648 e. The monoisotopic (exact) mass is 224 g/mol. The van der Waals surface area contributed by atoms with Gasteiger partial charge in [0.25, 0.3) is 0 Å². The summed E-state index contributed by atoms with van der Waals surface area (Å²) in [5, 5.41) is -0.201. The lowest BCUT2D eigenvalue weighted by Crippen LogP contribution is -2.19. The summed E-state index contributed by atoms with van der Waals surface area (Å²) in [6.45, 7) is 3.91. The summed E-state index contributed by atoms with van der Waals surface area (Å²) in [5.74, 6) is 0. The van der Waals surface area contributed by atoms with Crippen LogP contribution in [0.3, 0.4) is 0 Å². The molecule has 0 spiro atoms. The minimum Gasteiger partial charge on any atom is -0.234 e. The van der Waals surface area contributed by atoms with Crippen LogP contribution in [-0.4, -0.2) is 9.08 Å². The molecule has 4 heteroatoms. The first-order valence-corrected chi connectivity index (χ1v) is 6.92. The van der Waals surface area contributed by atoms with Gasteiger partial charge in [-0.15, -0.1) is 0 Å². The zero-order chi connectivity index (χ0) is 11.0. The zero-order valence-corrected chi connectivity index (χ0v) is 9.95. The summed E-state index contributed by atoms with van der Waals surface area (Å²) < 4.78 is 37.6. The Hall–Kier alpha value is -0.253. The highest BCUT2D eigenvalue weighted by Crippen LogP contribution is 2.25. The van der Waals surface area contributed by atoms with Gasteiger partial charge in [-0.25, -0.2) is 12.3 Å². The Morgan fingerprint density at radius 3 is 2.07 bits per heavy atom. The van der Waals surface area contributed by atoms with E-state index in [0.29, 0.717) is 12.8 Å². The largest absolute Gasteiger partial charge is 0.648 e. The summed E-state index contributed by atoms with van der Waals surface area (Å²) in [7, 11) is -5.51. The third-order valence-corrected chi connectivity index (χ3v) is 3.29. The zero-order valence-electron chi connectivity index (χ0n) is 8.95. The van der Waals surface area contributed by atoms with Crippen LogP contribution < -0.4 is 0 Å². The third kappa shape index (κ3) is 6.24. The van der Waals surface area contributed by atoms with Gasteiger partial charge in [-0.2, -0.15) is 0 Å². The first kappa shape index (κ1) is 13.7. The average Bonchev–Trinajstić information content (AvgIpc) is 2.09. The van der Waals surface area contributed by atoms with E-state index in [1.54, 1.807) is 0 Å². The number of halogens is 3. The van der Waals surface area contributed by atoms with Crippen molar-refractivity contribution in [2.75, 3.05) is 0 Å². The van der Waals surface area contributed by atoms with Gasteiger partial charge in [0, 0.05) is 5.20 Å². The molecule has 0 aliphatic rings. The molecule has 0 aromatic heterocycles. The van der Waals surface area contributed by atoms with Crippen molar-refractivity contribution in [3.05, 3.63) is 11.3 Å². The third-order valence-electron chi connectivity index (χ3n) is 2.11. The van der Waals surface area contributed by atoms with Crippen molar-refractivity contribution in [1.29, 1.82) is 0 Å². The van der Waals surface area contributed by atoms with Gasteiger partial charge in [0.05, 0.1) is 0 Å². The molecule has 0 aliphatic carbocycles. The second-order valence-corrected chi connectivity index (χ2v) is 5.11. The Balaban J connectivity index is 4.16. The van der Waals surface area contributed by atoms with Crippen molar-refractivity contribution in [3.63, 3.8) is 0 Å². The quantitative estimate of drug-likeness (QED) is 0.334. The van der Waals surface area contributed by atoms with Gasteiger partial charge in [0.1, 0.15) is 0 Å². The van der Waals surface area contributed by atoms with Crippen LogP contribution in [0.4, 0.5) is 12.3 Å². The molecule has 0 rings (SSSR count). The molecule has 0 nitrogen and oxygen atoms in total. The summed E-state index contributed by atoms with van der Waals surface area (Å²) in [5.41, 5.74) is 0. The average molecular weight is 224 g/mol. The van der Waals surface area contributed by atoms with Crippen LogP contribution in [-0.2, 0) is 0 Å². The van der Waals surface area contributed by atoms with E-state index in [1.165, 1.54) is 6.08 Å². The van der Waals surface area contributed by atoms with E-state index in [9.17, 15) is 12.3 Å². The van der Waals surface area contributed by atoms with E-state index >= 15 is 0 Å². The lowest BCUT2D eigenvalue weighted by atomic mass is 10.2. The van der Waals surface area contributed by atoms with Crippen LogP contribution in [0.1, 0.15) is 52.4 Å². The molecule has 0 amide bonds. The molecule has 84 valence electrons. The first-order valence-electron chi connectivity index (χ1n) is 5.28. The van der Waals surface area contributed by atoms with Crippen LogP contribution in [0.25, 0.3) is 0 Å². The molecule has 0 unspecified atom stereocenters. The molecule has 0 heterocycles. The molecule has 0 aliphatic heterocycles. The van der Waals surface area contributed by atoms with Crippen molar-refractivity contribution in [3.8, 4) is 0 Å². The summed E-state index contributed by atoms with van der Waals surface area (Å²) in [6, 6.07) is 0. The minimum absolute atomic E-state index is 0.201. The fraction of sp³-hybridized carbons (Fsp3) is 0.800. The lowest BCUT2D eigenvalue weighted by molar-refractivity contribution is 0.483. The van der Waals surface area contributed by atoms with Gasteiger partial charge in [0.15, 0.2) is 0 Å². The maximum atomic E-state index is 12.5. The summed E-state index contributed by atoms with van der Waals surface area (Å²) >= 11 is 0. The Morgan fingerprint density at radius 1 is 1.07 bits per heavy atom. The number of rotatable bonds is 7. The maximum absolute atomic E-state index is 12.5. The number of allylic oxidation sites excluding steroid dienone is 2. The standard InChI is InChI=1S/C10H19F3Si/c1-3-5-7-9-10(8-6-4-2)14(11,12)13/h9H,3-8H2,1-2H3/b10-9-. The smallest absolute Gasteiger partial charge is 0.234 e. The lowest BCUT2D eigenvalue weighted by Gasteiger charge is -2.07. The molecular formula is C10H19F3Si. The first-order chi connectivity index (χ1) is 6.52. The molecule has 0 aromatic carbocycles. The van der Waals surface area contributed by atoms with Gasteiger partial charge in [-0.1, -0.05) is 39.2 Å². The summed E-state index contributed by atoms with van der Waals surface area (Å²) in [4.78, 5) is 0. The predicted molar refractivity (Wildman–Crippen MR) is 56.2 cm³/mol.